The van der Waals surface area contributed by atoms with E-state index in [1.54, 1.807) is 48.5 Å². The number of nitrogens with one attached hydrogen (secondary N) is 3. The Morgan fingerprint density at radius 2 is 0.823 bits per heavy atom. The Hall–Kier alpha value is -4.73. The summed E-state index contributed by atoms with van der Waals surface area (Å²) in [5.41, 5.74) is 3.40. The van der Waals surface area contributed by atoms with Crippen molar-refractivity contribution in [2.75, 3.05) is 22.6 Å². The van der Waals surface area contributed by atoms with Crippen molar-refractivity contribution in [1.29, 1.82) is 21.0 Å². The number of hydrogen-bond donors (Lipinski definition) is 3. The lowest BCUT2D eigenvalue weighted by molar-refractivity contribution is 0.00578. The fourth-order valence-corrected chi connectivity index (χ4v) is 17.7. The molecule has 6 aromatic carbocycles. The van der Waals surface area contributed by atoms with Crippen LogP contribution in [0.3, 0.4) is 0 Å². The number of fused-ring (bicyclic) bond motifs is 3. The second-order valence-electron chi connectivity index (χ2n) is 23.1. The molecule has 9 aromatic rings. The van der Waals surface area contributed by atoms with Crippen LogP contribution >= 0.6 is 177 Å². The van der Waals surface area contributed by atoms with Gasteiger partial charge in [0, 0.05) is 71.4 Å². The number of carbonyl (C=O) groups excluding carboxylic acids is 3. The lowest BCUT2D eigenvalue weighted by atomic mass is 9.76. The Kier molecular flexibility index (Phi) is 31.7. The standard InChI is InChI=1S/C20H25BN2O4S.C14H13BrN2O2S.C12H9BrN2O2S.C8H5Br2N.C7H5Br3.C7H6Br2/c1-18(2,3)25-17(24)23-16-12(11-22)15-13(9-8-10-14(15)28-16)21-26-19(4,5)20(6,7)27-21;1-14(2,3)19-13(18)17-12-8(7-16)11-9(15)5-4-6-10(11)20-12;1-2-17-12(16)15-11-7(6-14)10-8(13)4-3-5-9(10)18-11;9-7-2-1-3-8(10)6(7)4-5-11;8-4-5-6(9)2-1-3-7(5)10;1-5-6(8)3-2-4-7(5)9/h8-10H,1-7H3,(H,23,24);4-6H,1-3H3,(H,17,18);3-5H,2H2,1H3,(H,15,16);1-3H,4H2;1-3H,4H2;2-4H,1H3. The van der Waals surface area contributed by atoms with Crippen LogP contribution in [-0.4, -0.2) is 54.4 Å². The summed E-state index contributed by atoms with van der Waals surface area (Å²) in [5, 5.41) is 49.5. The summed E-state index contributed by atoms with van der Waals surface area (Å²) in [4.78, 5) is 35.4. The fourth-order valence-electron chi connectivity index (χ4n) is 8.21. The topological polar surface area (TPSA) is 229 Å². The Morgan fingerprint density at radius 1 is 0.500 bits per heavy atom. The molecule has 1 fully saturated rings. The number of benzene rings is 6. The van der Waals surface area contributed by atoms with Crippen LogP contribution in [0.1, 0.15) is 110 Å². The molecule has 502 valence electrons. The van der Waals surface area contributed by atoms with Crippen molar-refractivity contribution >= 4 is 254 Å². The average molecular weight is 1930 g/mol. The SMILES string of the molecule is BrCc1c(Br)cccc1Br.CC(C)(C)OC(=O)Nc1sc2cccc(B3OC(C)(C)C(C)(C)O3)c2c1C#N.CC(C)(C)OC(=O)Nc1sc2cccc(Br)c2c1C#N.CCOC(=O)Nc1sc2cccc(Br)c2c1C#N.Cc1c(Br)cccc1Br.N#CCc1c(Br)cccc1Br. The van der Waals surface area contributed by atoms with Crippen molar-refractivity contribution in [3.63, 3.8) is 0 Å². The fraction of sp³-hybridized carbons (Fsp3) is 0.279. The number of ether oxygens (including phenoxy) is 3. The van der Waals surface area contributed by atoms with Crippen molar-refractivity contribution in [3.8, 4) is 24.3 Å². The molecule has 15 nitrogen and oxygen atoms in total. The molecule has 3 amide bonds. The van der Waals surface area contributed by atoms with Crippen LogP contribution in [0.15, 0.2) is 145 Å². The number of carbonyl (C=O) groups is 3. The Balaban J connectivity index is 0.000000218. The van der Waals surface area contributed by atoms with Crippen molar-refractivity contribution in [3.05, 3.63) is 178 Å². The molecule has 1 aliphatic rings. The summed E-state index contributed by atoms with van der Waals surface area (Å²) in [6.45, 7) is 22.8. The van der Waals surface area contributed by atoms with Crippen LogP contribution in [0.5, 0.6) is 0 Å². The van der Waals surface area contributed by atoms with E-state index in [4.69, 9.17) is 28.8 Å². The minimum atomic E-state index is -0.624. The van der Waals surface area contributed by atoms with E-state index in [0.29, 0.717) is 44.7 Å². The maximum atomic E-state index is 12.2. The highest BCUT2D eigenvalue weighted by Gasteiger charge is 2.52. The zero-order chi connectivity index (χ0) is 71.6. The first kappa shape index (κ1) is 81.9. The van der Waals surface area contributed by atoms with Gasteiger partial charge < -0.3 is 23.5 Å². The van der Waals surface area contributed by atoms with E-state index in [9.17, 15) is 30.2 Å². The van der Waals surface area contributed by atoms with Gasteiger partial charge in [0.2, 0.25) is 0 Å². The number of rotatable bonds is 7. The largest absolute Gasteiger partial charge is 0.495 e. The van der Waals surface area contributed by atoms with Crippen molar-refractivity contribution in [2.45, 2.75) is 117 Å². The Morgan fingerprint density at radius 3 is 1.16 bits per heavy atom. The predicted octanol–water partition coefficient (Wildman–Crippen LogP) is 24.3. The molecule has 0 spiro atoms. The third-order valence-corrected chi connectivity index (χ3v) is 23.1. The first-order valence-corrected chi connectivity index (χ1v) is 38.6. The van der Waals surface area contributed by atoms with Crippen LogP contribution in [0.2, 0.25) is 0 Å². The first-order valence-electron chi connectivity index (χ1n) is 28.7. The number of halogens is 9. The maximum Gasteiger partial charge on any atom is 0.495 e. The highest BCUT2D eigenvalue weighted by Crippen LogP contribution is 2.43. The van der Waals surface area contributed by atoms with Gasteiger partial charge in [0.25, 0.3) is 0 Å². The van der Waals surface area contributed by atoms with Crippen LogP contribution < -0.4 is 21.4 Å². The Labute approximate surface area is 647 Å². The number of amides is 3. The van der Waals surface area contributed by atoms with Gasteiger partial charge >= 0.3 is 25.4 Å². The van der Waals surface area contributed by atoms with Crippen molar-refractivity contribution < 1.29 is 37.9 Å². The lowest BCUT2D eigenvalue weighted by Gasteiger charge is -2.32. The van der Waals surface area contributed by atoms with Gasteiger partial charge in [-0.3, -0.25) is 16.0 Å². The van der Waals surface area contributed by atoms with Gasteiger partial charge in [-0.15, -0.1) is 34.0 Å². The molecule has 96 heavy (non-hydrogen) atoms. The molecule has 28 heteroatoms. The average Bonchev–Trinajstić information content (AvgIpc) is 1.61. The second kappa shape index (κ2) is 37.1. The van der Waals surface area contributed by atoms with Gasteiger partial charge in [0.15, 0.2) is 0 Å². The van der Waals surface area contributed by atoms with Gasteiger partial charge in [-0.25, -0.2) is 14.4 Å². The van der Waals surface area contributed by atoms with Crippen LogP contribution in [0, 0.1) is 52.2 Å². The number of nitrogens with zero attached hydrogens (tertiary/aromatic N) is 4. The summed E-state index contributed by atoms with van der Waals surface area (Å²) in [7, 11) is -0.593. The van der Waals surface area contributed by atoms with E-state index >= 15 is 0 Å². The quantitative estimate of drug-likeness (QED) is 0.0769. The normalized spacial score (nSPS) is 12.5. The zero-order valence-electron chi connectivity index (χ0n) is 53.8. The molecule has 0 radical (unpaired) electrons. The third kappa shape index (κ3) is 22.9. The molecule has 1 aliphatic heterocycles. The highest BCUT2D eigenvalue weighted by atomic mass is 79.9. The van der Waals surface area contributed by atoms with Crippen LogP contribution in [0.25, 0.3) is 30.3 Å². The van der Waals surface area contributed by atoms with Crippen molar-refractivity contribution in [2.24, 2.45) is 0 Å². The molecule has 3 aromatic heterocycles. The van der Waals surface area contributed by atoms with Gasteiger partial charge in [-0.05, 0) is 172 Å². The summed E-state index contributed by atoms with van der Waals surface area (Å²) < 4.78 is 38.6. The summed E-state index contributed by atoms with van der Waals surface area (Å²) in [6, 6.07) is 43.5. The minimum absolute atomic E-state index is 0.294. The summed E-state index contributed by atoms with van der Waals surface area (Å²) in [5.74, 6) is 0. The molecule has 0 atom stereocenters. The van der Waals surface area contributed by atoms with Gasteiger partial charge in [-0.1, -0.05) is 186 Å². The molecule has 0 bridgehead atoms. The van der Waals surface area contributed by atoms with E-state index < -0.39 is 47.8 Å². The number of anilines is 3. The van der Waals surface area contributed by atoms with E-state index in [0.717, 1.165) is 82.4 Å². The Bertz CT molecular complexity index is 4390. The van der Waals surface area contributed by atoms with E-state index in [1.165, 1.54) is 45.1 Å². The number of nitriles is 4. The molecule has 3 N–H and O–H groups in total. The van der Waals surface area contributed by atoms with Gasteiger partial charge in [0.1, 0.15) is 44.4 Å². The number of alkyl halides is 1. The van der Waals surface area contributed by atoms with Crippen LogP contribution in [-0.2, 0) is 35.3 Å². The molecule has 4 heterocycles. The molecular weight excluding hydrogens is 1870 g/mol. The molecular formula is C68H63BBr9N7O8S3. The monoisotopic (exact) mass is 1920 g/mol. The predicted molar refractivity (Wildman–Crippen MR) is 423 cm³/mol. The second-order valence-corrected chi connectivity index (χ2v) is 33.7. The number of thiophene rings is 3. The van der Waals surface area contributed by atoms with E-state index in [2.05, 4.69) is 191 Å². The number of hydrogen-bond acceptors (Lipinski definition) is 15. The molecule has 1 saturated heterocycles. The molecule has 0 saturated carbocycles. The third-order valence-electron chi connectivity index (χ3n) is 13.4. The first-order chi connectivity index (χ1) is 45.0. The van der Waals surface area contributed by atoms with Crippen molar-refractivity contribution in [1.82, 2.24) is 0 Å². The summed E-state index contributed by atoms with van der Waals surface area (Å²) in [6.07, 6.45) is -1.26. The maximum absolute atomic E-state index is 12.2. The van der Waals surface area contributed by atoms with E-state index in [1.807, 2.05) is 137 Å². The van der Waals surface area contributed by atoms with Gasteiger partial charge in [-0.2, -0.15) is 21.0 Å². The minimum Gasteiger partial charge on any atom is -0.450 e. The smallest absolute Gasteiger partial charge is 0.450 e. The molecule has 0 unspecified atom stereocenters. The highest BCUT2D eigenvalue weighted by molar-refractivity contribution is 9.12. The zero-order valence-corrected chi connectivity index (χ0v) is 70.5. The van der Waals surface area contributed by atoms with E-state index in [-0.39, 0.29) is 0 Å². The molecule has 0 aliphatic carbocycles. The molecule has 10 rings (SSSR count). The van der Waals surface area contributed by atoms with Crippen LogP contribution in [0.4, 0.5) is 29.4 Å². The summed E-state index contributed by atoms with van der Waals surface area (Å²) >= 11 is 34.7. The lowest BCUT2D eigenvalue weighted by Crippen LogP contribution is -2.41. The van der Waals surface area contributed by atoms with Gasteiger partial charge in [0.05, 0.1) is 47.0 Å².